The minimum atomic E-state index is -0.812. The van der Waals surface area contributed by atoms with Crippen LogP contribution in [0.1, 0.15) is 19.4 Å². The van der Waals surface area contributed by atoms with Crippen LogP contribution in [0.15, 0.2) is 24.3 Å². The molecule has 0 heterocycles. The van der Waals surface area contributed by atoms with Crippen LogP contribution in [0, 0.1) is 0 Å². The van der Waals surface area contributed by atoms with E-state index >= 15 is 0 Å². The molecule has 1 aromatic carbocycles. The predicted octanol–water partition coefficient (Wildman–Crippen LogP) is 3.47. The third-order valence-corrected chi connectivity index (χ3v) is 2.84. The van der Waals surface area contributed by atoms with Gasteiger partial charge in [0, 0.05) is 5.02 Å². The van der Waals surface area contributed by atoms with Crippen molar-refractivity contribution in [2.75, 3.05) is 0 Å². The molecule has 0 N–H and O–H groups in total. The van der Waals surface area contributed by atoms with Crippen LogP contribution >= 0.6 is 23.2 Å². The second-order valence-electron chi connectivity index (χ2n) is 3.56. The van der Waals surface area contributed by atoms with Crippen molar-refractivity contribution in [1.82, 2.24) is 0 Å². The fourth-order valence-corrected chi connectivity index (χ4v) is 1.39. The normalized spacial score (nSPS) is 14.9. The molecule has 0 spiro atoms. The molecule has 1 atom stereocenters. The van der Waals surface area contributed by atoms with Crippen LogP contribution in [-0.2, 0) is 11.2 Å². The molecule has 0 amide bonds. The number of benzene rings is 1. The maximum absolute atomic E-state index is 11.2. The summed E-state index contributed by atoms with van der Waals surface area (Å²) >= 11 is 11.8. The standard InChI is InChI=1S/C11H12Cl2O/c1-8(14)11(2,13)7-9-3-5-10(12)6-4-9/h3-6H,7H2,1-2H3/t11-/m1/s1. The van der Waals surface area contributed by atoms with Gasteiger partial charge in [-0.25, -0.2) is 0 Å². The Morgan fingerprint density at radius 2 is 1.86 bits per heavy atom. The smallest absolute Gasteiger partial charge is 0.150 e. The van der Waals surface area contributed by atoms with Gasteiger partial charge < -0.3 is 0 Å². The van der Waals surface area contributed by atoms with Crippen molar-refractivity contribution in [1.29, 1.82) is 0 Å². The topological polar surface area (TPSA) is 17.1 Å². The van der Waals surface area contributed by atoms with Gasteiger partial charge in [-0.15, -0.1) is 11.6 Å². The van der Waals surface area contributed by atoms with Gasteiger partial charge in [0.05, 0.1) is 0 Å². The Morgan fingerprint density at radius 3 is 2.29 bits per heavy atom. The maximum atomic E-state index is 11.2. The van der Waals surface area contributed by atoms with Crippen molar-refractivity contribution in [3.63, 3.8) is 0 Å². The summed E-state index contributed by atoms with van der Waals surface area (Å²) < 4.78 is 0. The lowest BCUT2D eigenvalue weighted by Gasteiger charge is -2.18. The van der Waals surface area contributed by atoms with Gasteiger partial charge in [0.2, 0.25) is 0 Å². The number of ketones is 1. The van der Waals surface area contributed by atoms with Crippen molar-refractivity contribution < 1.29 is 4.79 Å². The molecule has 0 aliphatic carbocycles. The average molecular weight is 231 g/mol. The first-order chi connectivity index (χ1) is 6.42. The molecule has 76 valence electrons. The predicted molar refractivity (Wildman–Crippen MR) is 60.1 cm³/mol. The van der Waals surface area contributed by atoms with Gasteiger partial charge in [-0.3, -0.25) is 4.79 Å². The van der Waals surface area contributed by atoms with Crippen LogP contribution in [-0.4, -0.2) is 10.7 Å². The molecule has 1 aromatic rings. The number of rotatable bonds is 3. The number of hydrogen-bond donors (Lipinski definition) is 0. The summed E-state index contributed by atoms with van der Waals surface area (Å²) in [4.78, 5) is 10.4. The second kappa shape index (κ2) is 4.33. The lowest BCUT2D eigenvalue weighted by Crippen LogP contribution is -2.28. The zero-order chi connectivity index (χ0) is 10.8. The van der Waals surface area contributed by atoms with E-state index in [1.165, 1.54) is 6.92 Å². The average Bonchev–Trinajstić information content (AvgIpc) is 2.08. The fraction of sp³-hybridized carbons (Fsp3) is 0.364. The minimum Gasteiger partial charge on any atom is -0.298 e. The molecule has 0 aliphatic heterocycles. The molecular formula is C11H12Cl2O. The lowest BCUT2D eigenvalue weighted by atomic mass is 9.97. The first-order valence-corrected chi connectivity index (χ1v) is 5.12. The number of hydrogen-bond acceptors (Lipinski definition) is 1. The van der Waals surface area contributed by atoms with Crippen LogP contribution in [0.4, 0.5) is 0 Å². The van der Waals surface area contributed by atoms with Gasteiger partial charge in [-0.1, -0.05) is 23.7 Å². The van der Waals surface area contributed by atoms with Gasteiger partial charge in [0.1, 0.15) is 4.87 Å². The molecule has 0 aromatic heterocycles. The highest BCUT2D eigenvalue weighted by atomic mass is 35.5. The maximum Gasteiger partial charge on any atom is 0.150 e. The Balaban J connectivity index is 2.79. The van der Waals surface area contributed by atoms with Crippen molar-refractivity contribution in [3.05, 3.63) is 34.9 Å². The van der Waals surface area contributed by atoms with Crippen molar-refractivity contribution in [2.24, 2.45) is 0 Å². The number of alkyl halides is 1. The van der Waals surface area contributed by atoms with E-state index in [4.69, 9.17) is 23.2 Å². The highest BCUT2D eigenvalue weighted by Gasteiger charge is 2.26. The first-order valence-electron chi connectivity index (χ1n) is 4.36. The number of Topliss-reactive ketones (excluding diaryl/α,β-unsaturated/α-hetero) is 1. The molecule has 14 heavy (non-hydrogen) atoms. The summed E-state index contributed by atoms with van der Waals surface area (Å²) in [5, 5.41) is 0.688. The van der Waals surface area contributed by atoms with Gasteiger partial charge in [-0.05, 0) is 38.0 Å². The molecule has 1 nitrogen and oxygen atoms in total. The molecule has 0 saturated carbocycles. The molecule has 0 fully saturated rings. The largest absolute Gasteiger partial charge is 0.298 e. The van der Waals surface area contributed by atoms with Crippen LogP contribution < -0.4 is 0 Å². The Kier molecular flexibility index (Phi) is 3.57. The summed E-state index contributed by atoms with van der Waals surface area (Å²) in [6, 6.07) is 7.35. The molecule has 0 unspecified atom stereocenters. The first kappa shape index (κ1) is 11.5. The van der Waals surface area contributed by atoms with E-state index in [1.807, 2.05) is 12.1 Å². The van der Waals surface area contributed by atoms with E-state index in [0.717, 1.165) is 5.56 Å². The Labute approximate surface area is 94.0 Å². The Hall–Kier alpha value is -0.530. The van der Waals surface area contributed by atoms with Gasteiger partial charge in [0.15, 0.2) is 5.78 Å². The van der Waals surface area contributed by atoms with Crippen LogP contribution in [0.2, 0.25) is 5.02 Å². The highest BCUT2D eigenvalue weighted by Crippen LogP contribution is 2.22. The molecule has 0 saturated heterocycles. The summed E-state index contributed by atoms with van der Waals surface area (Å²) in [6.45, 7) is 3.23. The number of halogens is 2. The molecule has 3 heteroatoms. The summed E-state index contributed by atoms with van der Waals surface area (Å²) in [7, 11) is 0. The van der Waals surface area contributed by atoms with E-state index in [-0.39, 0.29) is 5.78 Å². The molecule has 0 aliphatic rings. The van der Waals surface area contributed by atoms with Gasteiger partial charge in [0.25, 0.3) is 0 Å². The van der Waals surface area contributed by atoms with Crippen molar-refractivity contribution in [3.8, 4) is 0 Å². The van der Waals surface area contributed by atoms with Crippen LogP contribution in [0.5, 0.6) is 0 Å². The Bertz CT molecular complexity index is 328. The third kappa shape index (κ3) is 3.00. The Morgan fingerprint density at radius 1 is 1.36 bits per heavy atom. The number of carbonyl (C=O) groups excluding carboxylic acids is 1. The second-order valence-corrected chi connectivity index (χ2v) is 4.83. The molecule has 1 rings (SSSR count). The third-order valence-electron chi connectivity index (χ3n) is 2.18. The summed E-state index contributed by atoms with van der Waals surface area (Å²) in [6.07, 6.45) is 0.529. The van der Waals surface area contributed by atoms with E-state index < -0.39 is 4.87 Å². The lowest BCUT2D eigenvalue weighted by molar-refractivity contribution is -0.119. The van der Waals surface area contributed by atoms with Gasteiger partial charge in [-0.2, -0.15) is 0 Å². The monoisotopic (exact) mass is 230 g/mol. The van der Waals surface area contributed by atoms with E-state index in [9.17, 15) is 4.79 Å². The van der Waals surface area contributed by atoms with E-state index in [1.54, 1.807) is 19.1 Å². The van der Waals surface area contributed by atoms with Crippen LogP contribution in [0.3, 0.4) is 0 Å². The van der Waals surface area contributed by atoms with Crippen molar-refractivity contribution >= 4 is 29.0 Å². The molecule has 0 radical (unpaired) electrons. The van der Waals surface area contributed by atoms with Gasteiger partial charge >= 0.3 is 0 Å². The van der Waals surface area contributed by atoms with E-state index in [0.29, 0.717) is 11.4 Å². The molecular weight excluding hydrogens is 219 g/mol. The highest BCUT2D eigenvalue weighted by molar-refractivity contribution is 6.34. The van der Waals surface area contributed by atoms with Crippen molar-refractivity contribution in [2.45, 2.75) is 25.1 Å². The quantitative estimate of drug-likeness (QED) is 0.728. The van der Waals surface area contributed by atoms with E-state index in [2.05, 4.69) is 0 Å². The number of carbonyl (C=O) groups is 1. The van der Waals surface area contributed by atoms with Crippen LogP contribution in [0.25, 0.3) is 0 Å². The minimum absolute atomic E-state index is 0.0193. The molecule has 0 bridgehead atoms. The summed E-state index contributed by atoms with van der Waals surface area (Å²) in [5.41, 5.74) is 1.02. The zero-order valence-electron chi connectivity index (χ0n) is 8.18. The summed E-state index contributed by atoms with van der Waals surface area (Å²) in [5.74, 6) is -0.0193. The SMILES string of the molecule is CC(=O)[C@](C)(Cl)Cc1ccc(Cl)cc1. The fourth-order valence-electron chi connectivity index (χ4n) is 1.11. The zero-order valence-corrected chi connectivity index (χ0v) is 9.69.